The van der Waals surface area contributed by atoms with Crippen LogP contribution in [0, 0.1) is 29.6 Å². The number of alkyl carbamates (subject to hydrolysis) is 1. The Morgan fingerprint density at radius 3 is 1.61 bits per heavy atom. The summed E-state index contributed by atoms with van der Waals surface area (Å²) in [5.41, 5.74) is 0. The number of hydrogen-bond acceptors (Lipinski definition) is 2. The number of carbonyl (C=O) groups excluding carboxylic acids is 1. The van der Waals surface area contributed by atoms with Crippen molar-refractivity contribution in [2.45, 2.75) is 129 Å². The molecule has 0 aromatic heterocycles. The summed E-state index contributed by atoms with van der Waals surface area (Å²) in [6, 6.07) is 0.189. The number of allylic oxidation sites excluding steroid dienone is 8. The van der Waals surface area contributed by atoms with E-state index in [-0.39, 0.29) is 12.1 Å². The average Bonchev–Trinajstić information content (AvgIpc) is 3.25. The summed E-state index contributed by atoms with van der Waals surface area (Å²) in [5.74, 6) is 3.10. The maximum atomic E-state index is 12.3. The van der Waals surface area contributed by atoms with Crippen molar-refractivity contribution >= 4 is 6.09 Å². The number of nitrogens with one attached hydrogen (secondary N) is 1. The number of ether oxygens (including phenoxy) is 1. The molecule has 0 spiro atoms. The maximum absolute atomic E-state index is 12.3. The molecule has 214 valence electrons. The third-order valence-corrected chi connectivity index (χ3v) is 9.15. The highest BCUT2D eigenvalue weighted by Gasteiger charge is 2.46. The van der Waals surface area contributed by atoms with E-state index in [1.807, 2.05) is 0 Å². The molecular formula is C35H57NO2. The first-order valence-electron chi connectivity index (χ1n) is 16.3. The van der Waals surface area contributed by atoms with Crippen LogP contribution in [0.4, 0.5) is 4.79 Å². The molecule has 1 fully saturated rings. The zero-order valence-electron chi connectivity index (χ0n) is 24.6. The normalized spacial score (nSPS) is 25.8. The van der Waals surface area contributed by atoms with Crippen molar-refractivity contribution in [3.63, 3.8) is 0 Å². The molecule has 5 atom stereocenters. The second-order valence-corrected chi connectivity index (χ2v) is 12.2. The van der Waals surface area contributed by atoms with E-state index in [0.717, 1.165) is 19.3 Å². The van der Waals surface area contributed by atoms with Crippen LogP contribution in [0.2, 0.25) is 0 Å². The number of carbonyl (C=O) groups is 1. The molecule has 0 aromatic rings. The van der Waals surface area contributed by atoms with Crippen LogP contribution in [0.1, 0.15) is 123 Å². The SMILES string of the molecule is CCCCCCCCCCCCCCCCC(C)NC(=O)OCCCC1C2C=CC=CC2C2C=CC=CC21. The lowest BCUT2D eigenvalue weighted by molar-refractivity contribution is 0.136. The Kier molecular flexibility index (Phi) is 15.0. The average molecular weight is 524 g/mol. The zero-order valence-corrected chi connectivity index (χ0v) is 24.6. The predicted molar refractivity (Wildman–Crippen MR) is 162 cm³/mol. The molecule has 3 nitrogen and oxygen atoms in total. The summed E-state index contributed by atoms with van der Waals surface area (Å²) in [7, 11) is 0. The predicted octanol–water partition coefficient (Wildman–Crippen LogP) is 10.1. The Bertz CT molecular complexity index is 732. The molecule has 0 saturated heterocycles. The summed E-state index contributed by atoms with van der Waals surface area (Å²) in [6.07, 6.45) is 40.6. The number of hydrogen-bond donors (Lipinski definition) is 1. The third-order valence-electron chi connectivity index (χ3n) is 9.15. The minimum atomic E-state index is -0.244. The summed E-state index contributed by atoms with van der Waals surface area (Å²) >= 11 is 0. The second-order valence-electron chi connectivity index (χ2n) is 12.2. The molecule has 1 saturated carbocycles. The number of fused-ring (bicyclic) bond motifs is 3. The van der Waals surface area contributed by atoms with Crippen LogP contribution in [0.3, 0.4) is 0 Å². The lowest BCUT2D eigenvalue weighted by atomic mass is 9.82. The van der Waals surface area contributed by atoms with E-state index in [4.69, 9.17) is 4.74 Å². The Balaban J connectivity index is 1.14. The Labute approximate surface area is 234 Å². The van der Waals surface area contributed by atoms with E-state index in [2.05, 4.69) is 67.8 Å². The summed E-state index contributed by atoms with van der Waals surface area (Å²) in [4.78, 5) is 12.3. The quantitative estimate of drug-likeness (QED) is 0.161. The monoisotopic (exact) mass is 523 g/mol. The minimum absolute atomic E-state index is 0.189. The van der Waals surface area contributed by atoms with Crippen LogP contribution in [0.5, 0.6) is 0 Å². The van der Waals surface area contributed by atoms with Crippen molar-refractivity contribution in [1.82, 2.24) is 5.32 Å². The van der Waals surface area contributed by atoms with Gasteiger partial charge in [-0.05, 0) is 55.8 Å². The lowest BCUT2D eigenvalue weighted by Gasteiger charge is -2.24. The van der Waals surface area contributed by atoms with Crippen LogP contribution in [0.15, 0.2) is 48.6 Å². The van der Waals surface area contributed by atoms with Crippen LogP contribution in [-0.2, 0) is 4.74 Å². The smallest absolute Gasteiger partial charge is 0.407 e. The van der Waals surface area contributed by atoms with E-state index in [0.29, 0.717) is 36.2 Å². The highest BCUT2D eigenvalue weighted by Crippen LogP contribution is 2.52. The zero-order chi connectivity index (χ0) is 26.8. The molecule has 0 aliphatic heterocycles. The molecule has 5 unspecified atom stereocenters. The first-order valence-corrected chi connectivity index (χ1v) is 16.3. The summed E-state index contributed by atoms with van der Waals surface area (Å²) in [6.45, 7) is 4.91. The first-order chi connectivity index (χ1) is 18.7. The van der Waals surface area contributed by atoms with Crippen molar-refractivity contribution in [1.29, 1.82) is 0 Å². The van der Waals surface area contributed by atoms with Gasteiger partial charge < -0.3 is 10.1 Å². The van der Waals surface area contributed by atoms with Crippen LogP contribution in [-0.4, -0.2) is 18.7 Å². The fraction of sp³-hybridized carbons (Fsp3) is 0.743. The van der Waals surface area contributed by atoms with Gasteiger partial charge in [0.2, 0.25) is 0 Å². The van der Waals surface area contributed by atoms with Gasteiger partial charge in [0.25, 0.3) is 0 Å². The molecule has 3 heteroatoms. The highest BCUT2D eigenvalue weighted by molar-refractivity contribution is 5.67. The summed E-state index contributed by atoms with van der Waals surface area (Å²) < 4.78 is 5.55. The van der Waals surface area contributed by atoms with Gasteiger partial charge in [0.1, 0.15) is 0 Å². The van der Waals surface area contributed by atoms with Crippen LogP contribution < -0.4 is 5.32 Å². The molecule has 0 heterocycles. The number of amides is 1. The minimum Gasteiger partial charge on any atom is -0.450 e. The van der Waals surface area contributed by atoms with Gasteiger partial charge in [-0.25, -0.2) is 4.79 Å². The number of rotatable bonds is 20. The molecule has 1 N–H and O–H groups in total. The molecular weight excluding hydrogens is 466 g/mol. The second kappa shape index (κ2) is 18.5. The Hall–Kier alpha value is -1.77. The molecule has 3 aliphatic carbocycles. The molecule has 3 rings (SSSR count). The van der Waals surface area contributed by atoms with Crippen LogP contribution in [0.25, 0.3) is 0 Å². The Morgan fingerprint density at radius 2 is 1.11 bits per heavy atom. The third kappa shape index (κ3) is 10.8. The van der Waals surface area contributed by atoms with Crippen molar-refractivity contribution in [3.8, 4) is 0 Å². The van der Waals surface area contributed by atoms with Crippen molar-refractivity contribution in [2.24, 2.45) is 29.6 Å². The van der Waals surface area contributed by atoms with Gasteiger partial charge in [-0.3, -0.25) is 0 Å². The van der Waals surface area contributed by atoms with E-state index < -0.39 is 0 Å². The van der Waals surface area contributed by atoms with Crippen molar-refractivity contribution in [2.75, 3.05) is 6.61 Å². The van der Waals surface area contributed by atoms with Gasteiger partial charge in [-0.1, -0.05) is 145 Å². The fourth-order valence-electron chi connectivity index (χ4n) is 6.99. The molecule has 3 aliphatic rings. The lowest BCUT2D eigenvalue weighted by Crippen LogP contribution is -2.33. The van der Waals surface area contributed by atoms with E-state index in [9.17, 15) is 4.79 Å². The van der Waals surface area contributed by atoms with Gasteiger partial charge in [0.15, 0.2) is 0 Å². The van der Waals surface area contributed by atoms with Crippen molar-refractivity contribution in [3.05, 3.63) is 48.6 Å². The highest BCUT2D eigenvalue weighted by atomic mass is 16.5. The summed E-state index contributed by atoms with van der Waals surface area (Å²) in [5, 5.41) is 3.04. The standard InChI is InChI=1S/C35H57NO2/c1-3-4-5-6-7-8-9-10-11-12-13-14-15-16-22-29(2)36-35(37)38-28-21-27-34-32-25-19-17-23-30(32)31-24-18-20-26-33(31)34/h17-20,23-26,29-34H,3-16,21-22,27-28H2,1-2H3,(H,36,37). The molecule has 0 bridgehead atoms. The van der Waals surface area contributed by atoms with E-state index in [1.165, 1.54) is 89.9 Å². The number of unbranched alkanes of at least 4 members (excludes halogenated alkanes) is 13. The van der Waals surface area contributed by atoms with Gasteiger partial charge in [0.05, 0.1) is 6.61 Å². The fourth-order valence-corrected chi connectivity index (χ4v) is 6.99. The largest absolute Gasteiger partial charge is 0.450 e. The van der Waals surface area contributed by atoms with E-state index >= 15 is 0 Å². The topological polar surface area (TPSA) is 38.3 Å². The molecule has 1 amide bonds. The molecule has 0 radical (unpaired) electrons. The van der Waals surface area contributed by atoms with E-state index in [1.54, 1.807) is 0 Å². The first kappa shape index (κ1) is 30.8. The molecule has 0 aromatic carbocycles. The van der Waals surface area contributed by atoms with Crippen molar-refractivity contribution < 1.29 is 9.53 Å². The van der Waals surface area contributed by atoms with Gasteiger partial charge in [-0.2, -0.15) is 0 Å². The molecule has 38 heavy (non-hydrogen) atoms. The maximum Gasteiger partial charge on any atom is 0.407 e. The van der Waals surface area contributed by atoms with Gasteiger partial charge >= 0.3 is 6.09 Å². The van der Waals surface area contributed by atoms with Gasteiger partial charge in [0, 0.05) is 6.04 Å². The Morgan fingerprint density at radius 1 is 0.658 bits per heavy atom. The van der Waals surface area contributed by atoms with Gasteiger partial charge in [-0.15, -0.1) is 0 Å². The van der Waals surface area contributed by atoms with Crippen LogP contribution >= 0.6 is 0 Å².